The van der Waals surface area contributed by atoms with Crippen molar-refractivity contribution in [3.05, 3.63) is 24.3 Å². The van der Waals surface area contributed by atoms with E-state index >= 15 is 0 Å². The summed E-state index contributed by atoms with van der Waals surface area (Å²) in [5.41, 5.74) is 0.664. The highest BCUT2D eigenvalue weighted by molar-refractivity contribution is 5.91. The molecule has 0 spiro atoms. The summed E-state index contributed by atoms with van der Waals surface area (Å²) in [6, 6.07) is 9.42. The van der Waals surface area contributed by atoms with Crippen molar-refractivity contribution in [3.63, 3.8) is 0 Å². The van der Waals surface area contributed by atoms with Gasteiger partial charge in [0.1, 0.15) is 5.75 Å². The molecule has 2 rings (SSSR count). The molecule has 100 valence electrons. The molecule has 0 aliphatic carbocycles. The first kappa shape index (κ1) is 13.2. The van der Waals surface area contributed by atoms with Crippen LogP contribution in [0.1, 0.15) is 12.8 Å². The maximum Gasteiger partial charge on any atom is 0.321 e. The summed E-state index contributed by atoms with van der Waals surface area (Å²) in [6.45, 7) is 1.25. The molecule has 1 fully saturated rings. The van der Waals surface area contributed by atoms with E-state index in [1.54, 1.807) is 24.1 Å². The van der Waals surface area contributed by atoms with Gasteiger partial charge in [0.2, 0.25) is 0 Å². The van der Waals surface area contributed by atoms with E-state index < -0.39 is 0 Å². The van der Waals surface area contributed by atoms with Gasteiger partial charge < -0.3 is 15.0 Å². The van der Waals surface area contributed by atoms with Crippen LogP contribution in [0.25, 0.3) is 0 Å². The Hall–Kier alpha value is -2.22. The third-order valence-electron chi connectivity index (χ3n) is 3.31. The van der Waals surface area contributed by atoms with Crippen LogP contribution >= 0.6 is 0 Å². The van der Waals surface area contributed by atoms with Crippen LogP contribution in [0.2, 0.25) is 0 Å². The molecule has 0 radical (unpaired) electrons. The molecule has 1 aromatic carbocycles. The van der Waals surface area contributed by atoms with Crippen LogP contribution in [0.4, 0.5) is 10.5 Å². The average Bonchev–Trinajstić information content (AvgIpc) is 2.48. The van der Waals surface area contributed by atoms with Gasteiger partial charge in [0.15, 0.2) is 0 Å². The Morgan fingerprint density at radius 2 is 2.11 bits per heavy atom. The lowest BCUT2D eigenvalue weighted by Gasteiger charge is -2.29. The first-order valence-corrected chi connectivity index (χ1v) is 6.33. The summed E-state index contributed by atoms with van der Waals surface area (Å²) >= 11 is 0. The Kier molecular flexibility index (Phi) is 4.24. The second-order valence-electron chi connectivity index (χ2n) is 4.52. The summed E-state index contributed by atoms with van der Waals surface area (Å²) in [6.07, 6.45) is 1.49. The highest BCUT2D eigenvalue weighted by Crippen LogP contribution is 2.24. The first-order chi connectivity index (χ1) is 9.24. The van der Waals surface area contributed by atoms with Gasteiger partial charge in [0.05, 0.1) is 18.9 Å². The molecule has 1 aliphatic heterocycles. The fourth-order valence-corrected chi connectivity index (χ4v) is 2.15. The Morgan fingerprint density at radius 3 is 2.74 bits per heavy atom. The number of para-hydroxylation sites is 2. The van der Waals surface area contributed by atoms with Crippen molar-refractivity contribution in [1.29, 1.82) is 5.26 Å². The van der Waals surface area contributed by atoms with Crippen LogP contribution in [-0.4, -0.2) is 31.1 Å². The maximum atomic E-state index is 12.1. The minimum atomic E-state index is -0.138. The average molecular weight is 259 g/mol. The second kappa shape index (κ2) is 6.10. The zero-order valence-electron chi connectivity index (χ0n) is 10.9. The molecule has 1 N–H and O–H groups in total. The molecule has 5 nitrogen and oxygen atoms in total. The highest BCUT2D eigenvalue weighted by Gasteiger charge is 2.22. The number of nitrogens with zero attached hydrogens (tertiary/aromatic N) is 2. The molecule has 0 unspecified atom stereocenters. The van der Waals surface area contributed by atoms with Gasteiger partial charge in [-0.1, -0.05) is 12.1 Å². The Bertz CT molecular complexity index is 488. The summed E-state index contributed by atoms with van der Waals surface area (Å²) in [7, 11) is 1.57. The molecule has 1 saturated heterocycles. The predicted molar refractivity (Wildman–Crippen MR) is 71.9 cm³/mol. The van der Waals surface area contributed by atoms with Crippen LogP contribution in [0.15, 0.2) is 24.3 Å². The number of hydrogen-bond acceptors (Lipinski definition) is 3. The molecule has 0 saturated carbocycles. The minimum absolute atomic E-state index is 0.0790. The van der Waals surface area contributed by atoms with Gasteiger partial charge in [-0.15, -0.1) is 0 Å². The van der Waals surface area contributed by atoms with Gasteiger partial charge in [0, 0.05) is 19.0 Å². The van der Waals surface area contributed by atoms with E-state index in [1.807, 2.05) is 12.1 Å². The lowest BCUT2D eigenvalue weighted by Crippen LogP contribution is -2.40. The molecule has 0 atom stereocenters. The fraction of sp³-hybridized carbons (Fsp3) is 0.429. The van der Waals surface area contributed by atoms with Gasteiger partial charge in [-0.25, -0.2) is 4.79 Å². The van der Waals surface area contributed by atoms with E-state index in [4.69, 9.17) is 10.00 Å². The molecule has 0 bridgehead atoms. The topological polar surface area (TPSA) is 65.4 Å². The largest absolute Gasteiger partial charge is 0.495 e. The summed E-state index contributed by atoms with van der Waals surface area (Å²) in [4.78, 5) is 13.8. The Labute approximate surface area is 112 Å². The smallest absolute Gasteiger partial charge is 0.321 e. The normalized spacial score (nSPS) is 15.7. The number of methoxy groups -OCH3 is 1. The number of hydrogen-bond donors (Lipinski definition) is 1. The van der Waals surface area contributed by atoms with Crippen molar-refractivity contribution in [2.75, 3.05) is 25.5 Å². The minimum Gasteiger partial charge on any atom is -0.495 e. The van der Waals surface area contributed by atoms with E-state index in [1.165, 1.54) is 0 Å². The molecule has 5 heteroatoms. The molecule has 1 aromatic rings. The SMILES string of the molecule is COc1ccccc1NC(=O)N1CCC(C#N)CC1. The van der Waals surface area contributed by atoms with Crippen molar-refractivity contribution in [2.45, 2.75) is 12.8 Å². The van der Waals surface area contributed by atoms with E-state index in [-0.39, 0.29) is 11.9 Å². The number of piperidine rings is 1. The standard InChI is InChI=1S/C14H17N3O2/c1-19-13-5-3-2-4-12(13)16-14(18)17-8-6-11(10-15)7-9-17/h2-5,11H,6-9H2,1H3,(H,16,18). The number of urea groups is 1. The molecule has 1 aliphatic rings. The van der Waals surface area contributed by atoms with Crippen molar-refractivity contribution in [2.24, 2.45) is 5.92 Å². The zero-order chi connectivity index (χ0) is 13.7. The third kappa shape index (κ3) is 3.16. The van der Waals surface area contributed by atoms with Crippen LogP contribution in [0.5, 0.6) is 5.75 Å². The van der Waals surface area contributed by atoms with Crippen LogP contribution in [-0.2, 0) is 0 Å². The van der Waals surface area contributed by atoms with Gasteiger partial charge in [-0.3, -0.25) is 0 Å². The number of nitrogens with one attached hydrogen (secondary N) is 1. The molecule has 19 heavy (non-hydrogen) atoms. The maximum absolute atomic E-state index is 12.1. The van der Waals surface area contributed by atoms with Crippen LogP contribution in [0.3, 0.4) is 0 Å². The van der Waals surface area contributed by atoms with Gasteiger partial charge in [-0.05, 0) is 25.0 Å². The number of anilines is 1. The first-order valence-electron chi connectivity index (χ1n) is 6.33. The third-order valence-corrected chi connectivity index (χ3v) is 3.31. The molecular formula is C14H17N3O2. The molecule has 1 heterocycles. The molecule has 2 amide bonds. The fourth-order valence-electron chi connectivity index (χ4n) is 2.15. The van der Waals surface area contributed by atoms with E-state index in [0.717, 1.165) is 12.8 Å². The lowest BCUT2D eigenvalue weighted by atomic mass is 9.99. The second-order valence-corrected chi connectivity index (χ2v) is 4.52. The number of rotatable bonds is 2. The summed E-state index contributed by atoms with van der Waals surface area (Å²) in [5, 5.41) is 11.7. The van der Waals surface area contributed by atoms with Crippen molar-refractivity contribution in [1.82, 2.24) is 4.90 Å². The number of benzene rings is 1. The van der Waals surface area contributed by atoms with Crippen molar-refractivity contribution in [3.8, 4) is 11.8 Å². The van der Waals surface area contributed by atoms with Gasteiger partial charge >= 0.3 is 6.03 Å². The Balaban J connectivity index is 1.96. The number of carbonyl (C=O) groups is 1. The van der Waals surface area contributed by atoms with Crippen molar-refractivity contribution >= 4 is 11.7 Å². The van der Waals surface area contributed by atoms with Crippen molar-refractivity contribution < 1.29 is 9.53 Å². The summed E-state index contributed by atoms with van der Waals surface area (Å²) < 4.78 is 5.19. The lowest BCUT2D eigenvalue weighted by molar-refractivity contribution is 0.192. The highest BCUT2D eigenvalue weighted by atomic mass is 16.5. The number of amides is 2. The van der Waals surface area contributed by atoms with Crippen LogP contribution in [0, 0.1) is 17.2 Å². The van der Waals surface area contributed by atoms with E-state index in [2.05, 4.69) is 11.4 Å². The summed E-state index contributed by atoms with van der Waals surface area (Å²) in [5.74, 6) is 0.720. The number of ether oxygens (including phenoxy) is 1. The van der Waals surface area contributed by atoms with E-state index in [0.29, 0.717) is 24.5 Å². The van der Waals surface area contributed by atoms with Crippen LogP contribution < -0.4 is 10.1 Å². The predicted octanol–water partition coefficient (Wildman–Crippen LogP) is 2.46. The molecular weight excluding hydrogens is 242 g/mol. The van der Waals surface area contributed by atoms with Gasteiger partial charge in [-0.2, -0.15) is 5.26 Å². The number of likely N-dealkylation sites (tertiary alicyclic amines) is 1. The Morgan fingerprint density at radius 1 is 1.42 bits per heavy atom. The quantitative estimate of drug-likeness (QED) is 0.887. The molecule has 0 aromatic heterocycles. The number of carbonyl (C=O) groups excluding carboxylic acids is 1. The number of nitriles is 1. The monoisotopic (exact) mass is 259 g/mol. The van der Waals surface area contributed by atoms with Gasteiger partial charge in [0.25, 0.3) is 0 Å². The van der Waals surface area contributed by atoms with E-state index in [9.17, 15) is 4.79 Å². The zero-order valence-corrected chi connectivity index (χ0v) is 10.9.